The maximum Gasteiger partial charge on any atom is 0.230 e. The van der Waals surface area contributed by atoms with Crippen molar-refractivity contribution >= 4 is 5.91 Å². The van der Waals surface area contributed by atoms with Crippen molar-refractivity contribution in [3.05, 3.63) is 53.7 Å². The van der Waals surface area contributed by atoms with Crippen LogP contribution in [-0.2, 0) is 11.2 Å². The number of aryl methyl sites for hydroxylation is 1. The molecule has 0 aliphatic carbocycles. The number of nitrogens with zero attached hydrogens (tertiary/aromatic N) is 2. The van der Waals surface area contributed by atoms with E-state index in [1.54, 1.807) is 13.1 Å². The van der Waals surface area contributed by atoms with Crippen LogP contribution in [0.5, 0.6) is 0 Å². The van der Waals surface area contributed by atoms with E-state index in [1.165, 1.54) is 0 Å². The molecule has 23 heavy (non-hydrogen) atoms. The Kier molecular flexibility index (Phi) is 4.76. The zero-order valence-electron chi connectivity index (χ0n) is 13.3. The predicted octanol–water partition coefficient (Wildman–Crippen LogP) is 2.50. The summed E-state index contributed by atoms with van der Waals surface area (Å²) in [6.07, 6.45) is 3.05. The number of amides is 1. The van der Waals surface area contributed by atoms with Gasteiger partial charge in [0.1, 0.15) is 5.76 Å². The summed E-state index contributed by atoms with van der Waals surface area (Å²) in [6.45, 7) is 3.13. The zero-order chi connectivity index (χ0) is 16.2. The number of likely N-dealkylation sites (tertiary alicyclic amines) is 1. The molecule has 1 saturated heterocycles. The van der Waals surface area contributed by atoms with Gasteiger partial charge in [-0.2, -0.15) is 0 Å². The molecule has 1 aromatic carbocycles. The first-order valence-electron chi connectivity index (χ1n) is 8.05. The van der Waals surface area contributed by atoms with Gasteiger partial charge in [0.2, 0.25) is 5.91 Å². The molecule has 0 radical (unpaired) electrons. The van der Waals surface area contributed by atoms with Crippen LogP contribution in [0.4, 0.5) is 0 Å². The first-order valence-corrected chi connectivity index (χ1v) is 8.05. The fourth-order valence-electron chi connectivity index (χ4n) is 3.13. The highest BCUT2D eigenvalue weighted by Gasteiger charge is 2.28. The van der Waals surface area contributed by atoms with Crippen molar-refractivity contribution in [3.63, 3.8) is 0 Å². The van der Waals surface area contributed by atoms with E-state index in [0.717, 1.165) is 18.4 Å². The predicted molar refractivity (Wildman–Crippen MR) is 85.6 cm³/mol. The minimum Gasteiger partial charge on any atom is -0.446 e. The number of carbonyl (C=O) groups excluding carboxylic acids is 1. The van der Waals surface area contributed by atoms with Crippen LogP contribution in [0.25, 0.3) is 0 Å². The van der Waals surface area contributed by atoms with Crippen molar-refractivity contribution in [1.82, 2.24) is 9.88 Å². The van der Waals surface area contributed by atoms with Crippen LogP contribution >= 0.6 is 0 Å². The molecule has 1 aliphatic rings. The number of aliphatic hydroxyl groups excluding tert-OH is 1. The first-order chi connectivity index (χ1) is 11.1. The van der Waals surface area contributed by atoms with Gasteiger partial charge in [-0.15, -0.1) is 0 Å². The van der Waals surface area contributed by atoms with E-state index in [9.17, 15) is 9.90 Å². The lowest BCUT2D eigenvalue weighted by atomic mass is 9.87. The molecule has 3 rings (SSSR count). The smallest absolute Gasteiger partial charge is 0.230 e. The van der Waals surface area contributed by atoms with E-state index in [4.69, 9.17) is 4.42 Å². The third-order valence-corrected chi connectivity index (χ3v) is 4.47. The highest BCUT2D eigenvalue weighted by molar-refractivity contribution is 5.78. The molecule has 1 unspecified atom stereocenters. The summed E-state index contributed by atoms with van der Waals surface area (Å²) < 4.78 is 5.36. The van der Waals surface area contributed by atoms with Crippen LogP contribution in [0.3, 0.4) is 0 Å². The Balaban J connectivity index is 1.53. The molecule has 5 heteroatoms. The summed E-state index contributed by atoms with van der Waals surface area (Å²) in [6, 6.07) is 9.73. The fourth-order valence-corrected chi connectivity index (χ4v) is 3.13. The molecular weight excluding hydrogens is 292 g/mol. The van der Waals surface area contributed by atoms with Crippen LogP contribution in [-0.4, -0.2) is 34.0 Å². The van der Waals surface area contributed by atoms with Gasteiger partial charge in [0.15, 0.2) is 5.89 Å². The molecule has 1 fully saturated rings. The lowest BCUT2D eigenvalue weighted by Gasteiger charge is -2.34. The van der Waals surface area contributed by atoms with Gasteiger partial charge in [0.25, 0.3) is 0 Å². The van der Waals surface area contributed by atoms with E-state index >= 15 is 0 Å². The quantitative estimate of drug-likeness (QED) is 0.941. The first kappa shape index (κ1) is 15.7. The Hall–Kier alpha value is -2.14. The van der Waals surface area contributed by atoms with Crippen LogP contribution in [0.15, 0.2) is 40.9 Å². The Morgan fingerprint density at radius 2 is 2.04 bits per heavy atom. The van der Waals surface area contributed by atoms with Crippen LogP contribution < -0.4 is 0 Å². The highest BCUT2D eigenvalue weighted by Crippen LogP contribution is 2.30. The van der Waals surface area contributed by atoms with Gasteiger partial charge in [0, 0.05) is 20.0 Å². The van der Waals surface area contributed by atoms with E-state index in [2.05, 4.69) is 4.98 Å². The minimum atomic E-state index is -0.453. The van der Waals surface area contributed by atoms with Gasteiger partial charge in [-0.1, -0.05) is 30.3 Å². The van der Waals surface area contributed by atoms with Crippen molar-refractivity contribution in [2.45, 2.75) is 32.3 Å². The number of oxazole rings is 1. The molecule has 1 aliphatic heterocycles. The maximum atomic E-state index is 12.3. The van der Waals surface area contributed by atoms with Crippen molar-refractivity contribution in [2.24, 2.45) is 5.92 Å². The molecule has 1 atom stereocenters. The van der Waals surface area contributed by atoms with Crippen LogP contribution in [0, 0.1) is 12.8 Å². The summed E-state index contributed by atoms with van der Waals surface area (Å²) in [4.78, 5) is 18.2. The third kappa shape index (κ3) is 3.79. The van der Waals surface area contributed by atoms with E-state index in [-0.39, 0.29) is 18.2 Å². The number of hydrogen-bond donors (Lipinski definition) is 1. The molecule has 0 spiro atoms. The lowest BCUT2D eigenvalue weighted by Crippen LogP contribution is -2.40. The number of benzene rings is 1. The van der Waals surface area contributed by atoms with Crippen LogP contribution in [0.2, 0.25) is 0 Å². The number of piperidine rings is 1. The molecular formula is C18H22N2O3. The van der Waals surface area contributed by atoms with Gasteiger partial charge >= 0.3 is 0 Å². The van der Waals surface area contributed by atoms with E-state index in [1.807, 2.05) is 35.2 Å². The Morgan fingerprint density at radius 1 is 1.35 bits per heavy atom. The van der Waals surface area contributed by atoms with Crippen molar-refractivity contribution < 1.29 is 14.3 Å². The molecule has 1 amide bonds. The van der Waals surface area contributed by atoms with Crippen LogP contribution in [0.1, 0.15) is 36.2 Å². The van der Waals surface area contributed by atoms with Crippen molar-refractivity contribution in [1.29, 1.82) is 0 Å². The van der Waals surface area contributed by atoms with Gasteiger partial charge in [-0.25, -0.2) is 4.98 Å². The topological polar surface area (TPSA) is 66.6 Å². The summed E-state index contributed by atoms with van der Waals surface area (Å²) in [5.41, 5.74) is 0.953. The second-order valence-corrected chi connectivity index (χ2v) is 6.10. The molecule has 2 heterocycles. The average Bonchev–Trinajstić information content (AvgIpc) is 3.00. The Labute approximate surface area is 135 Å². The fraction of sp³-hybridized carbons (Fsp3) is 0.444. The standard InChI is InChI=1S/C18H22N2O3/c1-13-19-12-16(23-13)11-17(21)20-9-7-15(8-10-20)18(22)14-5-3-2-4-6-14/h2-6,12,15,18,22H,7-11H2,1H3. The van der Waals surface area contributed by atoms with E-state index < -0.39 is 6.10 Å². The summed E-state index contributed by atoms with van der Waals surface area (Å²) in [7, 11) is 0. The second-order valence-electron chi connectivity index (χ2n) is 6.10. The van der Waals surface area contributed by atoms with Gasteiger partial charge in [0.05, 0.1) is 18.7 Å². The summed E-state index contributed by atoms with van der Waals surface area (Å²) in [5.74, 6) is 1.46. The molecule has 1 aromatic heterocycles. The Morgan fingerprint density at radius 3 is 2.65 bits per heavy atom. The normalized spacial score (nSPS) is 17.2. The molecule has 0 saturated carbocycles. The molecule has 1 N–H and O–H groups in total. The third-order valence-electron chi connectivity index (χ3n) is 4.47. The summed E-state index contributed by atoms with van der Waals surface area (Å²) >= 11 is 0. The van der Waals surface area contributed by atoms with Crippen molar-refractivity contribution in [2.75, 3.05) is 13.1 Å². The van der Waals surface area contributed by atoms with Gasteiger partial charge in [-0.3, -0.25) is 4.79 Å². The summed E-state index contributed by atoms with van der Waals surface area (Å²) in [5, 5.41) is 10.5. The van der Waals surface area contributed by atoms with Crippen molar-refractivity contribution in [3.8, 4) is 0 Å². The number of rotatable bonds is 4. The SMILES string of the molecule is Cc1ncc(CC(=O)N2CCC(C(O)c3ccccc3)CC2)o1. The largest absolute Gasteiger partial charge is 0.446 e. The minimum absolute atomic E-state index is 0.0637. The monoisotopic (exact) mass is 314 g/mol. The number of aromatic nitrogens is 1. The second kappa shape index (κ2) is 6.96. The van der Waals surface area contributed by atoms with Gasteiger partial charge < -0.3 is 14.4 Å². The van der Waals surface area contributed by atoms with E-state index in [0.29, 0.717) is 24.7 Å². The average molecular weight is 314 g/mol. The maximum absolute atomic E-state index is 12.3. The van der Waals surface area contributed by atoms with Gasteiger partial charge in [-0.05, 0) is 24.3 Å². The molecule has 5 nitrogen and oxygen atoms in total. The molecule has 122 valence electrons. The lowest BCUT2D eigenvalue weighted by molar-refractivity contribution is -0.132. The number of carbonyl (C=O) groups is 1. The number of aliphatic hydroxyl groups is 1. The molecule has 0 bridgehead atoms. The zero-order valence-corrected chi connectivity index (χ0v) is 13.3. The molecule has 2 aromatic rings. The highest BCUT2D eigenvalue weighted by atomic mass is 16.4. The number of hydrogen-bond acceptors (Lipinski definition) is 4. The Bertz CT molecular complexity index is 645.